The van der Waals surface area contributed by atoms with Gasteiger partial charge in [-0.15, -0.1) is 0 Å². The van der Waals surface area contributed by atoms with Gasteiger partial charge in [0, 0.05) is 0 Å². The van der Waals surface area contributed by atoms with E-state index in [-0.39, 0.29) is 17.9 Å². The van der Waals surface area contributed by atoms with Gasteiger partial charge >= 0.3 is 123 Å². The Balaban J connectivity index is 2.78. The fraction of sp³-hybridized carbons (Fsp3) is 0.900. The minimum absolute atomic E-state index is 0.0101. The predicted molar refractivity (Wildman–Crippen MR) is 66.8 cm³/mol. The Kier molecular flexibility index (Phi) is 6.92. The van der Waals surface area contributed by atoms with Crippen molar-refractivity contribution in [1.29, 1.82) is 0 Å². The van der Waals surface area contributed by atoms with Crippen LogP contribution in [0.15, 0.2) is 0 Å². The first-order chi connectivity index (χ1) is 8.01. The second-order valence-corrected chi connectivity index (χ2v) is 7.25. The molecule has 17 heavy (non-hydrogen) atoms. The molecular weight excluding hydrogens is 452 g/mol. The van der Waals surface area contributed by atoms with Crippen molar-refractivity contribution in [3.8, 4) is 0 Å². The minimum atomic E-state index is -0.630. The number of amides is 1. The van der Waals surface area contributed by atoms with Gasteiger partial charge in [-0.25, -0.2) is 0 Å². The Bertz CT molecular complexity index is 267. The quantitative estimate of drug-likeness (QED) is 0.467. The second-order valence-electron chi connectivity index (χ2n) is 4.17. The van der Waals surface area contributed by atoms with Gasteiger partial charge in [-0.2, -0.15) is 0 Å². The summed E-state index contributed by atoms with van der Waals surface area (Å²) in [7, 11) is 0. The van der Waals surface area contributed by atoms with E-state index in [2.05, 4.69) is 23.9 Å². The molecule has 0 aromatic rings. The summed E-state index contributed by atoms with van der Waals surface area (Å²) in [5.41, 5.74) is 0. The van der Waals surface area contributed by atoms with Gasteiger partial charge in [0.05, 0.1) is 0 Å². The zero-order valence-corrected chi connectivity index (χ0v) is 14.3. The molecule has 0 spiro atoms. The average molecular weight is 470 g/mol. The van der Waals surface area contributed by atoms with E-state index in [1.54, 1.807) is 0 Å². The van der Waals surface area contributed by atoms with Crippen LogP contribution in [0.25, 0.3) is 0 Å². The van der Waals surface area contributed by atoms with Gasteiger partial charge in [0.1, 0.15) is 0 Å². The molecule has 1 fully saturated rings. The Morgan fingerprint density at radius 3 is 2.76 bits per heavy atom. The normalized spacial score (nSPS) is 38.1. The van der Waals surface area contributed by atoms with Crippen molar-refractivity contribution < 1.29 is 35.3 Å². The molecule has 0 aromatic carbocycles. The number of hydrogen-bond acceptors (Lipinski definition) is 4. The molecule has 1 aliphatic heterocycles. The number of carbonyl (C=O) groups excluding carboxylic acids is 1. The summed E-state index contributed by atoms with van der Waals surface area (Å²) >= 11 is 1.73. The molecule has 5 nitrogen and oxygen atoms in total. The summed E-state index contributed by atoms with van der Waals surface area (Å²) in [5, 5.41) is 12.9. The van der Waals surface area contributed by atoms with Gasteiger partial charge in [0.25, 0.3) is 0 Å². The van der Waals surface area contributed by atoms with Gasteiger partial charge in [-0.05, 0) is 0 Å². The average Bonchev–Trinajstić information content (AvgIpc) is 2.28. The molecule has 0 radical (unpaired) electrons. The molecule has 2 N–H and O–H groups in total. The number of hydrogen-bond donors (Lipinski definition) is 2. The standard InChI is InChI=1S/C10H18I2NO4/c1-4-7-5(2)9(15)8(13-6(3)14)10(16-7)17-12-11/h5,7-10,15H,4H2,1-3H3,(H,13,14)/q-1. The Morgan fingerprint density at radius 2 is 2.29 bits per heavy atom. The Labute approximate surface area is 122 Å². The van der Waals surface area contributed by atoms with Gasteiger partial charge in [0.15, 0.2) is 0 Å². The molecule has 5 unspecified atom stereocenters. The summed E-state index contributed by atoms with van der Waals surface area (Å²) in [6, 6.07) is -0.472. The maximum absolute atomic E-state index is 11.1. The zero-order chi connectivity index (χ0) is 13.0. The van der Waals surface area contributed by atoms with E-state index in [0.29, 0.717) is 0 Å². The number of halogens is 2. The van der Waals surface area contributed by atoms with Crippen LogP contribution in [0.1, 0.15) is 27.2 Å². The summed E-state index contributed by atoms with van der Waals surface area (Å²) in [6.07, 6.45) is -0.356. The van der Waals surface area contributed by atoms with Crippen molar-refractivity contribution in [2.75, 3.05) is 0 Å². The van der Waals surface area contributed by atoms with Crippen LogP contribution in [0.2, 0.25) is 0 Å². The number of nitrogens with one attached hydrogen (secondary N) is 1. The Hall–Kier alpha value is 0.810. The van der Waals surface area contributed by atoms with Gasteiger partial charge < -0.3 is 0 Å². The van der Waals surface area contributed by atoms with Crippen molar-refractivity contribution >= 4 is 24.5 Å². The maximum atomic E-state index is 11.1. The third-order valence-electron chi connectivity index (χ3n) is 2.99. The van der Waals surface area contributed by atoms with E-state index in [0.717, 1.165) is 6.42 Å². The van der Waals surface area contributed by atoms with Gasteiger partial charge in [-0.1, -0.05) is 0 Å². The predicted octanol–water partition coefficient (Wildman–Crippen LogP) is -2.01. The van der Waals surface area contributed by atoms with Gasteiger partial charge in [0.2, 0.25) is 0 Å². The summed E-state index contributed by atoms with van der Waals surface area (Å²) in [5.74, 6) is -0.191. The molecule has 1 heterocycles. The molecule has 1 aliphatic rings. The molecule has 5 atom stereocenters. The number of carbonyl (C=O) groups is 1. The zero-order valence-electron chi connectivity index (χ0n) is 10.0. The van der Waals surface area contributed by atoms with Crippen LogP contribution in [0, 0.1) is 5.92 Å². The first kappa shape index (κ1) is 15.9. The van der Waals surface area contributed by atoms with E-state index in [1.165, 1.54) is 6.92 Å². The van der Waals surface area contributed by atoms with E-state index in [4.69, 9.17) is 7.80 Å². The number of rotatable bonds is 4. The van der Waals surface area contributed by atoms with Crippen molar-refractivity contribution in [2.24, 2.45) is 5.92 Å². The number of aliphatic hydroxyl groups is 1. The molecule has 7 heteroatoms. The fourth-order valence-corrected chi connectivity index (χ4v) is 3.95. The van der Waals surface area contributed by atoms with E-state index in [9.17, 15) is 9.90 Å². The van der Waals surface area contributed by atoms with Crippen LogP contribution in [0.3, 0.4) is 0 Å². The van der Waals surface area contributed by atoms with Crippen LogP contribution in [-0.4, -0.2) is 35.6 Å². The van der Waals surface area contributed by atoms with Crippen molar-refractivity contribution in [3.05, 3.63) is 0 Å². The van der Waals surface area contributed by atoms with Crippen LogP contribution in [0.4, 0.5) is 0 Å². The number of ether oxygens (including phenoxy) is 1. The molecule has 102 valence electrons. The first-order valence-electron chi connectivity index (χ1n) is 5.53. The topological polar surface area (TPSA) is 67.8 Å². The molecule has 0 aliphatic carbocycles. The summed E-state index contributed by atoms with van der Waals surface area (Å²) in [4.78, 5) is 11.1. The number of aliphatic hydroxyl groups excluding tert-OH is 1. The van der Waals surface area contributed by atoms with Crippen molar-refractivity contribution in [1.82, 2.24) is 5.32 Å². The Morgan fingerprint density at radius 1 is 1.65 bits per heavy atom. The second kappa shape index (κ2) is 7.41. The van der Waals surface area contributed by atoms with Crippen LogP contribution < -0.4 is 23.0 Å². The van der Waals surface area contributed by atoms with Crippen LogP contribution >= 0.6 is 18.6 Å². The van der Waals surface area contributed by atoms with Crippen LogP contribution in [-0.2, 0) is 12.6 Å². The van der Waals surface area contributed by atoms with Crippen LogP contribution in [0.5, 0.6) is 0 Å². The molecule has 1 rings (SSSR count). The monoisotopic (exact) mass is 470 g/mol. The molecule has 1 saturated heterocycles. The first-order valence-corrected chi connectivity index (χ1v) is 12.7. The third-order valence-corrected chi connectivity index (χ3v) is 4.97. The summed E-state index contributed by atoms with van der Waals surface area (Å²) in [6.45, 7) is 5.38. The van der Waals surface area contributed by atoms with Crippen molar-refractivity contribution in [3.63, 3.8) is 0 Å². The molecule has 0 bridgehead atoms. The van der Waals surface area contributed by atoms with E-state index < -0.39 is 36.1 Å². The molecular formula is C10H18I2NO4-. The van der Waals surface area contributed by atoms with E-state index in [1.807, 2.05) is 13.8 Å². The fourth-order valence-electron chi connectivity index (χ4n) is 2.05. The summed E-state index contributed by atoms with van der Waals surface area (Å²) < 4.78 is 11.3. The van der Waals surface area contributed by atoms with Gasteiger partial charge in [-0.3, -0.25) is 0 Å². The molecule has 0 saturated carbocycles. The molecule has 0 aromatic heterocycles. The third kappa shape index (κ3) is 4.15. The van der Waals surface area contributed by atoms with Crippen molar-refractivity contribution in [2.45, 2.75) is 51.7 Å². The molecule has 1 amide bonds. The van der Waals surface area contributed by atoms with E-state index >= 15 is 0 Å². The SMILES string of the molecule is CCC1OC(O[I-]I)C(NC(C)=O)C(O)C1C.